The van der Waals surface area contributed by atoms with Gasteiger partial charge in [-0.1, -0.05) is 17.7 Å². The lowest BCUT2D eigenvalue weighted by Crippen LogP contribution is -2.33. The molecule has 0 aliphatic carbocycles. The van der Waals surface area contributed by atoms with Gasteiger partial charge >= 0.3 is 0 Å². The van der Waals surface area contributed by atoms with Crippen LogP contribution in [-0.4, -0.2) is 36.5 Å². The van der Waals surface area contributed by atoms with E-state index in [0.29, 0.717) is 40.9 Å². The van der Waals surface area contributed by atoms with Gasteiger partial charge in [-0.05, 0) is 55.3 Å². The Morgan fingerprint density at radius 3 is 2.43 bits per heavy atom. The van der Waals surface area contributed by atoms with Crippen LogP contribution in [0, 0.1) is 6.92 Å². The molecule has 30 heavy (non-hydrogen) atoms. The smallest absolute Gasteiger partial charge is 0.275 e. The second-order valence-corrected chi connectivity index (χ2v) is 7.02. The van der Waals surface area contributed by atoms with Crippen LogP contribution in [0.25, 0.3) is 5.69 Å². The fourth-order valence-electron chi connectivity index (χ4n) is 2.99. The molecular weight excluding hydrogens is 406 g/mol. The number of benzene rings is 2. The Hall–Kier alpha value is -3.32. The lowest BCUT2D eigenvalue weighted by molar-refractivity contribution is 0.0946. The average molecular weight is 428 g/mol. The molecule has 0 aliphatic heterocycles. The van der Waals surface area contributed by atoms with E-state index >= 15 is 0 Å². The molecule has 0 saturated carbocycles. The van der Waals surface area contributed by atoms with Crippen molar-refractivity contribution >= 4 is 17.5 Å². The minimum Gasteiger partial charge on any atom is -0.493 e. The zero-order valence-electron chi connectivity index (χ0n) is 16.9. The van der Waals surface area contributed by atoms with Crippen LogP contribution in [-0.2, 0) is 6.42 Å². The van der Waals surface area contributed by atoms with Crippen LogP contribution < -0.4 is 20.2 Å². The number of rotatable bonds is 7. The van der Waals surface area contributed by atoms with Gasteiger partial charge < -0.3 is 14.8 Å². The Morgan fingerprint density at radius 2 is 1.77 bits per heavy atom. The molecule has 0 atom stereocenters. The summed E-state index contributed by atoms with van der Waals surface area (Å²) in [6, 6.07) is 13.9. The van der Waals surface area contributed by atoms with Crippen LogP contribution in [0.4, 0.5) is 0 Å². The highest BCUT2D eigenvalue weighted by Gasteiger charge is 2.15. The van der Waals surface area contributed by atoms with Gasteiger partial charge in [-0.3, -0.25) is 9.59 Å². The molecule has 1 heterocycles. The number of carbonyl (C=O) groups is 1. The van der Waals surface area contributed by atoms with Crippen LogP contribution in [0.5, 0.6) is 11.5 Å². The molecule has 2 aromatic carbocycles. The second-order valence-electron chi connectivity index (χ2n) is 6.58. The van der Waals surface area contributed by atoms with Crippen LogP contribution in [0.3, 0.4) is 0 Å². The monoisotopic (exact) mass is 427 g/mol. The first-order chi connectivity index (χ1) is 14.4. The third kappa shape index (κ3) is 4.80. The molecule has 0 aliphatic rings. The molecule has 0 fully saturated rings. The minimum atomic E-state index is -0.525. The first-order valence-electron chi connectivity index (χ1n) is 9.29. The summed E-state index contributed by atoms with van der Waals surface area (Å²) in [7, 11) is 3.14. The fourth-order valence-corrected chi connectivity index (χ4v) is 3.11. The lowest BCUT2D eigenvalue weighted by atomic mass is 10.1. The number of hydrogen-bond acceptors (Lipinski definition) is 5. The maximum atomic E-state index is 12.6. The minimum absolute atomic E-state index is 0.164. The largest absolute Gasteiger partial charge is 0.493 e. The molecule has 0 unspecified atom stereocenters. The first-order valence-corrected chi connectivity index (χ1v) is 9.66. The van der Waals surface area contributed by atoms with Crippen molar-refractivity contribution in [1.29, 1.82) is 0 Å². The normalized spacial score (nSPS) is 10.5. The molecule has 7 nitrogen and oxygen atoms in total. The van der Waals surface area contributed by atoms with Crippen molar-refractivity contribution in [2.45, 2.75) is 13.3 Å². The van der Waals surface area contributed by atoms with Gasteiger partial charge in [0.05, 0.1) is 19.9 Å². The Labute approximate surface area is 179 Å². The fraction of sp³-hybridized carbons (Fsp3) is 0.227. The third-order valence-corrected chi connectivity index (χ3v) is 4.79. The van der Waals surface area contributed by atoms with Crippen LogP contribution in [0.15, 0.2) is 53.3 Å². The van der Waals surface area contributed by atoms with E-state index in [1.807, 2.05) is 18.2 Å². The number of halogens is 1. The van der Waals surface area contributed by atoms with Crippen LogP contribution in [0.1, 0.15) is 21.7 Å². The summed E-state index contributed by atoms with van der Waals surface area (Å²) in [6.45, 7) is 2.09. The van der Waals surface area contributed by atoms with E-state index in [1.165, 1.54) is 6.07 Å². The zero-order valence-corrected chi connectivity index (χ0v) is 17.7. The van der Waals surface area contributed by atoms with Gasteiger partial charge in [-0.2, -0.15) is 5.10 Å². The van der Waals surface area contributed by atoms with Crippen molar-refractivity contribution in [1.82, 2.24) is 15.1 Å². The number of methoxy groups -OCH3 is 2. The van der Waals surface area contributed by atoms with Crippen molar-refractivity contribution in [2.75, 3.05) is 20.8 Å². The predicted octanol–water partition coefficient (Wildman–Crippen LogP) is 3.18. The summed E-state index contributed by atoms with van der Waals surface area (Å²) in [5, 5.41) is 7.60. The first kappa shape index (κ1) is 21.4. The molecule has 3 rings (SSSR count). The van der Waals surface area contributed by atoms with Gasteiger partial charge in [-0.25, -0.2) is 4.68 Å². The van der Waals surface area contributed by atoms with Crippen LogP contribution in [0.2, 0.25) is 5.02 Å². The summed E-state index contributed by atoms with van der Waals surface area (Å²) in [5.74, 6) is 0.729. The Bertz CT molecular complexity index is 1110. The van der Waals surface area contributed by atoms with E-state index < -0.39 is 11.3 Å². The molecule has 8 heteroatoms. The number of nitrogens with one attached hydrogen (secondary N) is 1. The van der Waals surface area contributed by atoms with Gasteiger partial charge in [0.2, 0.25) is 5.43 Å². The van der Waals surface area contributed by atoms with E-state index in [1.54, 1.807) is 50.1 Å². The molecule has 0 bridgehead atoms. The van der Waals surface area contributed by atoms with Gasteiger partial charge in [0, 0.05) is 23.3 Å². The standard InChI is InChI=1S/C22H22ClN3O4/c1-14-12-18(27)21(25-26(14)17-7-5-16(23)6-8-17)22(28)24-11-10-15-4-9-19(29-2)20(13-15)30-3/h4-9,12-13H,10-11H2,1-3H3,(H,24,28). The van der Waals surface area contributed by atoms with Gasteiger partial charge in [-0.15, -0.1) is 0 Å². The third-order valence-electron chi connectivity index (χ3n) is 4.54. The molecule has 0 radical (unpaired) electrons. The van der Waals surface area contributed by atoms with Crippen molar-refractivity contribution in [3.05, 3.63) is 80.7 Å². The van der Waals surface area contributed by atoms with Crippen molar-refractivity contribution < 1.29 is 14.3 Å². The molecule has 1 N–H and O–H groups in total. The quantitative estimate of drug-likeness (QED) is 0.626. The summed E-state index contributed by atoms with van der Waals surface area (Å²) < 4.78 is 12.1. The Kier molecular flexibility index (Phi) is 6.74. The molecule has 3 aromatic rings. The second kappa shape index (κ2) is 9.45. The number of aryl methyl sites for hydroxylation is 1. The molecule has 1 amide bonds. The molecule has 0 saturated heterocycles. The molecular formula is C22H22ClN3O4. The van der Waals surface area contributed by atoms with E-state index in [4.69, 9.17) is 21.1 Å². The number of ether oxygens (including phenoxy) is 2. The SMILES string of the molecule is COc1ccc(CCNC(=O)c2nn(-c3ccc(Cl)cc3)c(C)cc2=O)cc1OC. The highest BCUT2D eigenvalue weighted by Crippen LogP contribution is 2.27. The number of amides is 1. The number of carbonyl (C=O) groups excluding carboxylic acids is 1. The summed E-state index contributed by atoms with van der Waals surface area (Å²) in [5.41, 5.74) is 1.69. The molecule has 0 spiro atoms. The lowest BCUT2D eigenvalue weighted by Gasteiger charge is -2.12. The topological polar surface area (TPSA) is 82.5 Å². The molecule has 156 valence electrons. The number of hydrogen-bond donors (Lipinski definition) is 1. The highest BCUT2D eigenvalue weighted by atomic mass is 35.5. The van der Waals surface area contributed by atoms with Crippen molar-refractivity contribution in [3.63, 3.8) is 0 Å². The summed E-state index contributed by atoms with van der Waals surface area (Å²) in [4.78, 5) is 24.9. The maximum absolute atomic E-state index is 12.6. The summed E-state index contributed by atoms with van der Waals surface area (Å²) in [6.07, 6.45) is 0.559. The number of aromatic nitrogens is 2. The maximum Gasteiger partial charge on any atom is 0.275 e. The van der Waals surface area contributed by atoms with E-state index in [-0.39, 0.29) is 5.69 Å². The number of nitrogens with zero attached hydrogens (tertiary/aromatic N) is 2. The Balaban J connectivity index is 1.73. The average Bonchev–Trinajstić information content (AvgIpc) is 2.74. The van der Waals surface area contributed by atoms with Gasteiger partial charge in [0.1, 0.15) is 0 Å². The highest BCUT2D eigenvalue weighted by molar-refractivity contribution is 6.30. The molecule has 1 aromatic heterocycles. The van der Waals surface area contributed by atoms with E-state index in [2.05, 4.69) is 10.4 Å². The van der Waals surface area contributed by atoms with E-state index in [9.17, 15) is 9.59 Å². The summed E-state index contributed by atoms with van der Waals surface area (Å²) >= 11 is 5.93. The van der Waals surface area contributed by atoms with Crippen molar-refractivity contribution in [3.8, 4) is 17.2 Å². The van der Waals surface area contributed by atoms with Gasteiger partial charge in [0.25, 0.3) is 5.91 Å². The van der Waals surface area contributed by atoms with Crippen molar-refractivity contribution in [2.24, 2.45) is 0 Å². The Morgan fingerprint density at radius 1 is 1.07 bits per heavy atom. The predicted molar refractivity (Wildman–Crippen MR) is 115 cm³/mol. The van der Waals surface area contributed by atoms with E-state index in [0.717, 1.165) is 5.56 Å². The zero-order chi connectivity index (χ0) is 21.7. The van der Waals surface area contributed by atoms with Crippen LogP contribution >= 0.6 is 11.6 Å². The van der Waals surface area contributed by atoms with Gasteiger partial charge in [0.15, 0.2) is 17.2 Å².